The van der Waals surface area contributed by atoms with Crippen LogP contribution in [0.2, 0.25) is 0 Å². The van der Waals surface area contributed by atoms with Gasteiger partial charge in [-0.3, -0.25) is 9.78 Å². The molecule has 2 rings (SSSR count). The van der Waals surface area contributed by atoms with Gasteiger partial charge in [0.25, 0.3) is 5.91 Å². The predicted octanol–water partition coefficient (Wildman–Crippen LogP) is 2.22. The van der Waals surface area contributed by atoms with E-state index in [2.05, 4.69) is 10.3 Å². The lowest BCUT2D eigenvalue weighted by Gasteiger charge is -2.13. The fourth-order valence-corrected chi connectivity index (χ4v) is 1.98. The molecular formula is C15H16N2O3. The van der Waals surface area contributed by atoms with E-state index in [0.717, 1.165) is 10.9 Å². The van der Waals surface area contributed by atoms with Gasteiger partial charge in [-0.1, -0.05) is 31.5 Å². The van der Waals surface area contributed by atoms with E-state index in [1.165, 1.54) is 6.20 Å². The van der Waals surface area contributed by atoms with Gasteiger partial charge in [0, 0.05) is 11.6 Å². The van der Waals surface area contributed by atoms with E-state index in [1.54, 1.807) is 6.07 Å². The highest BCUT2D eigenvalue weighted by molar-refractivity contribution is 5.99. The maximum atomic E-state index is 12.1. The highest BCUT2D eigenvalue weighted by Crippen LogP contribution is 2.13. The van der Waals surface area contributed by atoms with Gasteiger partial charge in [-0.05, 0) is 18.6 Å². The zero-order valence-electron chi connectivity index (χ0n) is 11.2. The SMILES string of the molecule is CCCC(NC(=O)c1cnc2ccccc2c1)C(=O)O. The van der Waals surface area contributed by atoms with Crippen molar-refractivity contribution in [3.05, 3.63) is 42.1 Å². The number of para-hydroxylation sites is 1. The lowest BCUT2D eigenvalue weighted by Crippen LogP contribution is -2.40. The Morgan fingerprint density at radius 3 is 2.80 bits per heavy atom. The number of nitrogens with one attached hydrogen (secondary N) is 1. The van der Waals surface area contributed by atoms with E-state index in [9.17, 15) is 9.59 Å². The molecule has 1 unspecified atom stereocenters. The third kappa shape index (κ3) is 3.12. The topological polar surface area (TPSA) is 79.3 Å². The van der Waals surface area contributed by atoms with Crippen molar-refractivity contribution in [2.45, 2.75) is 25.8 Å². The summed E-state index contributed by atoms with van der Waals surface area (Å²) in [6.45, 7) is 1.87. The average Bonchev–Trinajstić information content (AvgIpc) is 2.46. The van der Waals surface area contributed by atoms with Crippen LogP contribution in [0.25, 0.3) is 10.9 Å². The number of amides is 1. The molecule has 1 amide bonds. The molecule has 0 aliphatic carbocycles. The number of nitrogens with zero attached hydrogens (tertiary/aromatic N) is 1. The molecule has 104 valence electrons. The summed E-state index contributed by atoms with van der Waals surface area (Å²) < 4.78 is 0. The quantitative estimate of drug-likeness (QED) is 0.874. The minimum absolute atomic E-state index is 0.367. The Kier molecular flexibility index (Phi) is 4.30. The number of fused-ring (bicyclic) bond motifs is 1. The molecule has 0 aliphatic rings. The summed E-state index contributed by atoms with van der Waals surface area (Å²) in [5.74, 6) is -1.43. The molecule has 2 aromatic rings. The van der Waals surface area contributed by atoms with Crippen molar-refractivity contribution in [1.82, 2.24) is 10.3 Å². The summed E-state index contributed by atoms with van der Waals surface area (Å²) in [7, 11) is 0. The first-order valence-corrected chi connectivity index (χ1v) is 6.50. The molecule has 0 aliphatic heterocycles. The first kappa shape index (κ1) is 14.0. The lowest BCUT2D eigenvalue weighted by molar-refractivity contribution is -0.139. The van der Waals surface area contributed by atoms with Gasteiger partial charge < -0.3 is 10.4 Å². The van der Waals surface area contributed by atoms with Gasteiger partial charge >= 0.3 is 5.97 Å². The van der Waals surface area contributed by atoms with Gasteiger partial charge in [-0.15, -0.1) is 0 Å². The third-order valence-corrected chi connectivity index (χ3v) is 3.03. The van der Waals surface area contributed by atoms with Crippen molar-refractivity contribution in [2.75, 3.05) is 0 Å². The van der Waals surface area contributed by atoms with Crippen molar-refractivity contribution < 1.29 is 14.7 Å². The monoisotopic (exact) mass is 272 g/mol. The van der Waals surface area contributed by atoms with Gasteiger partial charge in [-0.2, -0.15) is 0 Å². The number of carboxylic acids is 1. The van der Waals surface area contributed by atoms with Crippen LogP contribution in [0.15, 0.2) is 36.5 Å². The zero-order valence-corrected chi connectivity index (χ0v) is 11.2. The number of aliphatic carboxylic acids is 1. The van der Waals surface area contributed by atoms with Crippen LogP contribution in [0, 0.1) is 0 Å². The third-order valence-electron chi connectivity index (χ3n) is 3.03. The summed E-state index contributed by atoms with van der Waals surface area (Å²) in [4.78, 5) is 27.3. The number of carbonyl (C=O) groups excluding carboxylic acids is 1. The summed E-state index contributed by atoms with van der Waals surface area (Å²) in [6.07, 6.45) is 2.55. The first-order valence-electron chi connectivity index (χ1n) is 6.50. The Hall–Kier alpha value is -2.43. The van der Waals surface area contributed by atoms with E-state index in [-0.39, 0.29) is 0 Å². The van der Waals surface area contributed by atoms with Crippen LogP contribution < -0.4 is 5.32 Å². The number of pyridine rings is 1. The maximum absolute atomic E-state index is 12.1. The highest BCUT2D eigenvalue weighted by atomic mass is 16.4. The van der Waals surface area contributed by atoms with Gasteiger partial charge in [0.1, 0.15) is 6.04 Å². The Morgan fingerprint density at radius 2 is 2.10 bits per heavy atom. The van der Waals surface area contributed by atoms with Crippen molar-refractivity contribution in [3.8, 4) is 0 Å². The number of rotatable bonds is 5. The molecule has 0 spiro atoms. The molecule has 0 bridgehead atoms. The second-order valence-corrected chi connectivity index (χ2v) is 4.57. The molecular weight excluding hydrogens is 256 g/mol. The van der Waals surface area contributed by atoms with Crippen LogP contribution in [0.5, 0.6) is 0 Å². The van der Waals surface area contributed by atoms with Crippen LogP contribution in [-0.2, 0) is 4.79 Å². The van der Waals surface area contributed by atoms with E-state index >= 15 is 0 Å². The second kappa shape index (κ2) is 6.14. The largest absolute Gasteiger partial charge is 0.480 e. The molecule has 1 aromatic heterocycles. The number of benzene rings is 1. The summed E-state index contributed by atoms with van der Waals surface area (Å²) in [5, 5.41) is 12.4. The van der Waals surface area contributed by atoms with Crippen LogP contribution in [0.4, 0.5) is 0 Å². The van der Waals surface area contributed by atoms with E-state index in [0.29, 0.717) is 18.4 Å². The fourth-order valence-electron chi connectivity index (χ4n) is 1.98. The zero-order chi connectivity index (χ0) is 14.5. The Labute approximate surface area is 116 Å². The van der Waals surface area contributed by atoms with Crippen molar-refractivity contribution in [3.63, 3.8) is 0 Å². The maximum Gasteiger partial charge on any atom is 0.326 e. The van der Waals surface area contributed by atoms with Crippen LogP contribution >= 0.6 is 0 Å². The number of hydrogen-bond donors (Lipinski definition) is 2. The van der Waals surface area contributed by atoms with Gasteiger partial charge in [-0.25, -0.2) is 4.79 Å². The summed E-state index contributed by atoms with van der Waals surface area (Å²) >= 11 is 0. The standard InChI is InChI=1S/C15H16N2O3/c1-2-5-13(15(19)20)17-14(18)11-8-10-6-3-4-7-12(10)16-9-11/h3-4,6-9,13H,2,5H2,1H3,(H,17,18)(H,19,20). The van der Waals surface area contributed by atoms with Gasteiger partial charge in [0.2, 0.25) is 0 Å². The molecule has 1 aromatic carbocycles. The Morgan fingerprint density at radius 1 is 1.35 bits per heavy atom. The molecule has 5 heteroatoms. The van der Waals surface area contributed by atoms with E-state index in [1.807, 2.05) is 31.2 Å². The normalized spacial score (nSPS) is 12.1. The molecule has 0 radical (unpaired) electrons. The van der Waals surface area contributed by atoms with Crippen LogP contribution in [0.1, 0.15) is 30.1 Å². The number of carboxylic acid groups (broad SMARTS) is 1. The summed E-state index contributed by atoms with van der Waals surface area (Å²) in [6, 6.07) is 8.30. The number of aromatic nitrogens is 1. The van der Waals surface area contributed by atoms with Crippen LogP contribution in [0.3, 0.4) is 0 Å². The highest BCUT2D eigenvalue weighted by Gasteiger charge is 2.19. The Bertz CT molecular complexity index is 640. The van der Waals surface area contributed by atoms with E-state index < -0.39 is 17.9 Å². The molecule has 0 fully saturated rings. The van der Waals surface area contributed by atoms with Crippen molar-refractivity contribution >= 4 is 22.8 Å². The second-order valence-electron chi connectivity index (χ2n) is 4.57. The fraction of sp³-hybridized carbons (Fsp3) is 0.267. The predicted molar refractivity (Wildman–Crippen MR) is 75.5 cm³/mol. The van der Waals surface area contributed by atoms with Gasteiger partial charge in [0.05, 0.1) is 11.1 Å². The van der Waals surface area contributed by atoms with Crippen molar-refractivity contribution in [1.29, 1.82) is 0 Å². The van der Waals surface area contributed by atoms with Gasteiger partial charge in [0.15, 0.2) is 0 Å². The minimum Gasteiger partial charge on any atom is -0.480 e. The van der Waals surface area contributed by atoms with Crippen LogP contribution in [-0.4, -0.2) is 28.0 Å². The molecule has 1 atom stereocenters. The molecule has 0 saturated heterocycles. The van der Waals surface area contributed by atoms with E-state index in [4.69, 9.17) is 5.11 Å². The smallest absolute Gasteiger partial charge is 0.326 e. The summed E-state index contributed by atoms with van der Waals surface area (Å²) in [5.41, 5.74) is 1.17. The average molecular weight is 272 g/mol. The Balaban J connectivity index is 2.20. The first-order chi connectivity index (χ1) is 9.61. The lowest BCUT2D eigenvalue weighted by atomic mass is 10.1. The molecule has 5 nitrogen and oxygen atoms in total. The molecule has 2 N–H and O–H groups in total. The minimum atomic E-state index is -1.02. The number of hydrogen-bond acceptors (Lipinski definition) is 3. The molecule has 0 saturated carbocycles. The number of carbonyl (C=O) groups is 2. The molecule has 1 heterocycles. The van der Waals surface area contributed by atoms with Crippen molar-refractivity contribution in [2.24, 2.45) is 0 Å². The molecule has 20 heavy (non-hydrogen) atoms.